The topological polar surface area (TPSA) is 90.9 Å². The van der Waals surface area contributed by atoms with Crippen LogP contribution in [-0.2, 0) is 13.1 Å². The van der Waals surface area contributed by atoms with Gasteiger partial charge in [-0.3, -0.25) is 5.10 Å². The SMILES string of the molecule is CCNC(=NCc1cccc(-c2ncn[nH]2)c1)NCc1nc(C(C)C)cs1. The third-order valence-electron chi connectivity index (χ3n) is 3.95. The number of rotatable bonds is 7. The molecule has 27 heavy (non-hydrogen) atoms. The van der Waals surface area contributed by atoms with Gasteiger partial charge in [-0.15, -0.1) is 11.3 Å². The largest absolute Gasteiger partial charge is 0.357 e. The van der Waals surface area contributed by atoms with Gasteiger partial charge in [-0.05, 0) is 24.5 Å². The minimum Gasteiger partial charge on any atom is -0.357 e. The number of nitrogens with zero attached hydrogens (tertiary/aromatic N) is 4. The van der Waals surface area contributed by atoms with Crippen LogP contribution < -0.4 is 10.6 Å². The van der Waals surface area contributed by atoms with Gasteiger partial charge >= 0.3 is 0 Å². The zero-order valence-electron chi connectivity index (χ0n) is 15.9. The van der Waals surface area contributed by atoms with E-state index < -0.39 is 0 Å². The van der Waals surface area contributed by atoms with Crippen molar-refractivity contribution in [1.29, 1.82) is 0 Å². The van der Waals surface area contributed by atoms with Crippen molar-refractivity contribution in [3.8, 4) is 11.4 Å². The highest BCUT2D eigenvalue weighted by Crippen LogP contribution is 2.18. The summed E-state index contributed by atoms with van der Waals surface area (Å²) in [5.41, 5.74) is 3.25. The lowest BCUT2D eigenvalue weighted by molar-refractivity contribution is 0.788. The third kappa shape index (κ3) is 5.37. The normalized spacial score (nSPS) is 11.8. The Hall–Kier alpha value is -2.74. The number of H-pyrrole nitrogens is 1. The quantitative estimate of drug-likeness (QED) is 0.430. The van der Waals surface area contributed by atoms with Crippen molar-refractivity contribution in [3.05, 3.63) is 52.2 Å². The maximum atomic E-state index is 4.69. The van der Waals surface area contributed by atoms with Crippen LogP contribution in [0, 0.1) is 0 Å². The summed E-state index contributed by atoms with van der Waals surface area (Å²) in [6.45, 7) is 8.42. The number of aliphatic imine (C=N–C) groups is 1. The molecule has 3 aromatic rings. The highest BCUT2D eigenvalue weighted by molar-refractivity contribution is 7.09. The summed E-state index contributed by atoms with van der Waals surface area (Å²) in [4.78, 5) is 13.5. The monoisotopic (exact) mass is 383 g/mol. The highest BCUT2D eigenvalue weighted by Gasteiger charge is 2.07. The first-order chi connectivity index (χ1) is 13.2. The number of thiazole rings is 1. The molecular formula is C19H25N7S. The van der Waals surface area contributed by atoms with Crippen LogP contribution in [0.25, 0.3) is 11.4 Å². The number of hydrogen-bond acceptors (Lipinski definition) is 5. The molecule has 0 unspecified atom stereocenters. The highest BCUT2D eigenvalue weighted by atomic mass is 32.1. The Morgan fingerprint density at radius 3 is 2.89 bits per heavy atom. The summed E-state index contributed by atoms with van der Waals surface area (Å²) < 4.78 is 0. The molecule has 0 aliphatic heterocycles. The first-order valence-corrected chi connectivity index (χ1v) is 9.94. The predicted molar refractivity (Wildman–Crippen MR) is 110 cm³/mol. The molecule has 2 heterocycles. The molecule has 0 aliphatic carbocycles. The van der Waals surface area contributed by atoms with E-state index in [0.717, 1.165) is 40.2 Å². The molecule has 0 spiro atoms. The van der Waals surface area contributed by atoms with Crippen molar-refractivity contribution in [1.82, 2.24) is 30.8 Å². The van der Waals surface area contributed by atoms with Gasteiger partial charge in [0.15, 0.2) is 11.8 Å². The average Bonchev–Trinajstić information content (AvgIpc) is 3.36. The van der Waals surface area contributed by atoms with Gasteiger partial charge in [-0.25, -0.2) is 15.0 Å². The van der Waals surface area contributed by atoms with Gasteiger partial charge < -0.3 is 10.6 Å². The van der Waals surface area contributed by atoms with Crippen molar-refractivity contribution in [2.24, 2.45) is 4.99 Å². The van der Waals surface area contributed by atoms with E-state index in [1.165, 1.54) is 6.33 Å². The second kappa shape index (κ2) is 9.27. The minimum absolute atomic E-state index is 0.452. The summed E-state index contributed by atoms with van der Waals surface area (Å²) in [6.07, 6.45) is 1.51. The summed E-state index contributed by atoms with van der Waals surface area (Å²) >= 11 is 1.68. The Morgan fingerprint density at radius 1 is 1.30 bits per heavy atom. The van der Waals surface area contributed by atoms with Crippen LogP contribution in [0.3, 0.4) is 0 Å². The molecule has 1 aromatic carbocycles. The Balaban J connectivity index is 1.64. The van der Waals surface area contributed by atoms with Crippen molar-refractivity contribution < 1.29 is 0 Å². The lowest BCUT2D eigenvalue weighted by atomic mass is 10.1. The molecule has 0 aliphatic rings. The van der Waals surface area contributed by atoms with Gasteiger partial charge in [-0.2, -0.15) is 5.10 Å². The molecule has 0 amide bonds. The number of benzene rings is 1. The average molecular weight is 384 g/mol. The van der Waals surface area contributed by atoms with Gasteiger partial charge in [0, 0.05) is 17.5 Å². The first kappa shape index (κ1) is 19.0. The second-order valence-corrected chi connectivity index (χ2v) is 7.35. The molecule has 0 fully saturated rings. The Bertz CT molecular complexity index is 868. The summed E-state index contributed by atoms with van der Waals surface area (Å²) in [5, 5.41) is 16.6. The molecule has 3 rings (SSSR count). The van der Waals surface area contributed by atoms with Crippen molar-refractivity contribution >= 4 is 17.3 Å². The maximum absolute atomic E-state index is 4.69. The van der Waals surface area contributed by atoms with Crippen LogP contribution in [0.5, 0.6) is 0 Å². The number of hydrogen-bond donors (Lipinski definition) is 3. The fraction of sp³-hybridized carbons (Fsp3) is 0.368. The van der Waals surface area contributed by atoms with Gasteiger partial charge in [0.1, 0.15) is 11.3 Å². The molecular weight excluding hydrogens is 358 g/mol. The van der Waals surface area contributed by atoms with Crippen molar-refractivity contribution in [2.45, 2.75) is 39.8 Å². The summed E-state index contributed by atoms with van der Waals surface area (Å²) in [6, 6.07) is 8.14. The van der Waals surface area contributed by atoms with E-state index in [9.17, 15) is 0 Å². The molecule has 8 heteroatoms. The molecule has 0 atom stereocenters. The number of aromatic nitrogens is 4. The van der Waals surface area contributed by atoms with Crippen LogP contribution in [0.1, 0.15) is 43.0 Å². The van der Waals surface area contributed by atoms with E-state index in [-0.39, 0.29) is 0 Å². The van der Waals surface area contributed by atoms with Gasteiger partial charge in [-0.1, -0.05) is 32.0 Å². The van der Waals surface area contributed by atoms with E-state index >= 15 is 0 Å². The molecule has 142 valence electrons. The van der Waals surface area contributed by atoms with E-state index in [1.807, 2.05) is 12.1 Å². The van der Waals surface area contributed by atoms with E-state index in [0.29, 0.717) is 19.0 Å². The molecule has 0 bridgehead atoms. The third-order valence-corrected chi connectivity index (χ3v) is 4.81. The maximum Gasteiger partial charge on any atom is 0.191 e. The van der Waals surface area contributed by atoms with E-state index in [2.05, 4.69) is 74.1 Å². The lowest BCUT2D eigenvalue weighted by Crippen LogP contribution is -2.36. The van der Waals surface area contributed by atoms with E-state index in [4.69, 9.17) is 0 Å². The van der Waals surface area contributed by atoms with Gasteiger partial charge in [0.05, 0.1) is 18.8 Å². The van der Waals surface area contributed by atoms with Crippen LogP contribution in [-0.4, -0.2) is 32.7 Å². The van der Waals surface area contributed by atoms with Crippen LogP contribution in [0.2, 0.25) is 0 Å². The molecule has 0 saturated carbocycles. The molecule has 7 nitrogen and oxygen atoms in total. The Kier molecular flexibility index (Phi) is 6.54. The molecule has 0 radical (unpaired) electrons. The van der Waals surface area contributed by atoms with Gasteiger partial charge in [0.2, 0.25) is 0 Å². The zero-order valence-corrected chi connectivity index (χ0v) is 16.7. The van der Waals surface area contributed by atoms with Crippen LogP contribution in [0.15, 0.2) is 41.0 Å². The van der Waals surface area contributed by atoms with Crippen molar-refractivity contribution in [3.63, 3.8) is 0 Å². The predicted octanol–water partition coefficient (Wildman–Crippen LogP) is 3.31. The van der Waals surface area contributed by atoms with E-state index in [1.54, 1.807) is 11.3 Å². The number of guanidine groups is 1. The smallest absolute Gasteiger partial charge is 0.191 e. The fourth-order valence-corrected chi connectivity index (χ4v) is 3.40. The Morgan fingerprint density at radius 2 is 2.19 bits per heavy atom. The van der Waals surface area contributed by atoms with Crippen LogP contribution >= 0.6 is 11.3 Å². The molecule has 2 aromatic heterocycles. The van der Waals surface area contributed by atoms with Gasteiger partial charge in [0.25, 0.3) is 0 Å². The fourth-order valence-electron chi connectivity index (χ4n) is 2.50. The Labute approximate surface area is 163 Å². The first-order valence-electron chi connectivity index (χ1n) is 9.07. The number of aromatic amines is 1. The summed E-state index contributed by atoms with van der Waals surface area (Å²) in [7, 11) is 0. The minimum atomic E-state index is 0.452. The molecule has 0 saturated heterocycles. The van der Waals surface area contributed by atoms with Crippen molar-refractivity contribution in [2.75, 3.05) is 6.54 Å². The summed E-state index contributed by atoms with van der Waals surface area (Å²) in [5.74, 6) is 1.99. The second-order valence-electron chi connectivity index (χ2n) is 6.40. The van der Waals surface area contributed by atoms with Crippen LogP contribution in [0.4, 0.5) is 0 Å². The standard InChI is InChI=1S/C19H25N7S/c1-4-20-19(22-10-17-25-16(11-27-17)13(2)3)21-9-14-6-5-7-15(8-14)18-23-12-24-26-18/h5-8,11-13H,4,9-10H2,1-3H3,(H2,20,21,22)(H,23,24,26). The lowest BCUT2D eigenvalue weighted by Gasteiger charge is -2.10. The molecule has 3 N–H and O–H groups in total. The zero-order chi connectivity index (χ0) is 19.1. The number of nitrogens with one attached hydrogen (secondary N) is 3.